The number of rotatable bonds is 5. The summed E-state index contributed by atoms with van der Waals surface area (Å²) in [7, 11) is 3.13. The van der Waals surface area contributed by atoms with E-state index in [4.69, 9.17) is 9.47 Å². The molecular formula is C19H21N5O4S. The van der Waals surface area contributed by atoms with E-state index in [0.29, 0.717) is 53.5 Å². The zero-order chi connectivity index (χ0) is 20.4. The summed E-state index contributed by atoms with van der Waals surface area (Å²) in [5, 5.41) is 3.73. The molecule has 3 heterocycles. The lowest BCUT2D eigenvalue weighted by Gasteiger charge is -2.31. The van der Waals surface area contributed by atoms with Gasteiger partial charge in [-0.2, -0.15) is 4.98 Å². The number of anilines is 2. The minimum absolute atomic E-state index is 0.0146. The lowest BCUT2D eigenvalue weighted by molar-refractivity contribution is -0.120. The Kier molecular flexibility index (Phi) is 5.34. The fourth-order valence-electron chi connectivity index (χ4n) is 3.38. The first kappa shape index (κ1) is 19.2. The maximum absolute atomic E-state index is 12.7. The van der Waals surface area contributed by atoms with Crippen molar-refractivity contribution in [3.8, 4) is 11.5 Å². The van der Waals surface area contributed by atoms with Crippen molar-refractivity contribution >= 4 is 38.4 Å². The second kappa shape index (κ2) is 8.08. The summed E-state index contributed by atoms with van der Waals surface area (Å²) in [6, 6.07) is 5.30. The van der Waals surface area contributed by atoms with Crippen LogP contribution in [0.15, 0.2) is 29.3 Å². The molecular weight excluding hydrogens is 394 g/mol. The average molecular weight is 415 g/mol. The van der Waals surface area contributed by atoms with Gasteiger partial charge in [0.15, 0.2) is 22.3 Å². The molecule has 1 aromatic carbocycles. The maximum atomic E-state index is 12.7. The number of nitrogens with one attached hydrogen (secondary N) is 2. The Morgan fingerprint density at radius 3 is 2.69 bits per heavy atom. The number of amides is 1. The third-order valence-electron chi connectivity index (χ3n) is 4.97. The number of aromatic nitrogens is 3. The summed E-state index contributed by atoms with van der Waals surface area (Å²) in [5.74, 6) is 1.08. The van der Waals surface area contributed by atoms with Gasteiger partial charge in [-0.05, 0) is 25.0 Å². The number of thiazole rings is 1. The van der Waals surface area contributed by atoms with Gasteiger partial charge in [-0.15, -0.1) is 0 Å². The summed E-state index contributed by atoms with van der Waals surface area (Å²) in [6.07, 6.45) is 2.77. The van der Waals surface area contributed by atoms with Crippen molar-refractivity contribution < 1.29 is 14.3 Å². The van der Waals surface area contributed by atoms with Crippen molar-refractivity contribution in [1.29, 1.82) is 0 Å². The van der Waals surface area contributed by atoms with Gasteiger partial charge < -0.3 is 24.7 Å². The Labute approximate surface area is 170 Å². The number of piperidine rings is 1. The molecule has 1 fully saturated rings. The van der Waals surface area contributed by atoms with Crippen LogP contribution in [0.2, 0.25) is 0 Å². The third kappa shape index (κ3) is 3.88. The molecule has 9 nitrogen and oxygen atoms in total. The molecule has 0 radical (unpaired) electrons. The Morgan fingerprint density at radius 2 is 2.00 bits per heavy atom. The number of carbonyl (C=O) groups excluding carboxylic acids is 1. The van der Waals surface area contributed by atoms with Crippen molar-refractivity contribution in [3.63, 3.8) is 0 Å². The molecule has 1 aliphatic rings. The van der Waals surface area contributed by atoms with Crippen molar-refractivity contribution in [1.82, 2.24) is 15.0 Å². The van der Waals surface area contributed by atoms with E-state index < -0.39 is 0 Å². The van der Waals surface area contributed by atoms with Gasteiger partial charge in [0.05, 0.1) is 20.5 Å². The molecule has 0 aliphatic carbocycles. The maximum Gasteiger partial charge on any atom is 0.270 e. The first-order valence-corrected chi connectivity index (χ1v) is 10.0. The van der Waals surface area contributed by atoms with E-state index in [2.05, 4.69) is 25.2 Å². The average Bonchev–Trinajstić information content (AvgIpc) is 3.19. The minimum Gasteiger partial charge on any atom is -0.493 e. The standard InChI is InChI=1S/C19H21N5O4S/c1-27-13-4-3-12(9-14(13)28-2)22-17(25)11-5-7-24(8-6-11)19-23-16-15(29-19)18(26)21-10-20-16/h3-4,9-11H,5-8H2,1-2H3,(H,22,25)(H,20,21,26). The number of methoxy groups -OCH3 is 2. The number of ether oxygens (including phenoxy) is 2. The van der Waals surface area contributed by atoms with Crippen molar-refractivity contribution in [2.24, 2.45) is 5.92 Å². The number of carbonyl (C=O) groups is 1. The smallest absolute Gasteiger partial charge is 0.270 e. The third-order valence-corrected chi connectivity index (χ3v) is 6.08. The van der Waals surface area contributed by atoms with Crippen LogP contribution in [0.5, 0.6) is 11.5 Å². The largest absolute Gasteiger partial charge is 0.493 e. The molecule has 1 saturated heterocycles. The lowest BCUT2D eigenvalue weighted by Crippen LogP contribution is -2.38. The summed E-state index contributed by atoms with van der Waals surface area (Å²) < 4.78 is 11.0. The molecule has 0 atom stereocenters. The highest BCUT2D eigenvalue weighted by Crippen LogP contribution is 2.32. The zero-order valence-corrected chi connectivity index (χ0v) is 16.9. The number of nitrogens with zero attached hydrogens (tertiary/aromatic N) is 3. The molecule has 0 saturated carbocycles. The van der Waals surface area contributed by atoms with Gasteiger partial charge in [0, 0.05) is 30.8 Å². The molecule has 0 bridgehead atoms. The molecule has 0 spiro atoms. The summed E-state index contributed by atoms with van der Waals surface area (Å²) in [4.78, 5) is 37.8. The fourth-order valence-corrected chi connectivity index (χ4v) is 4.35. The number of benzene rings is 1. The van der Waals surface area contributed by atoms with E-state index in [1.807, 2.05) is 0 Å². The van der Waals surface area contributed by atoms with Gasteiger partial charge in [0.2, 0.25) is 5.91 Å². The molecule has 0 unspecified atom stereocenters. The highest BCUT2D eigenvalue weighted by atomic mass is 32.1. The highest BCUT2D eigenvalue weighted by molar-refractivity contribution is 7.22. The second-order valence-corrected chi connectivity index (χ2v) is 7.68. The van der Waals surface area contributed by atoms with Gasteiger partial charge in [-0.25, -0.2) is 4.98 Å². The molecule has 4 rings (SSSR count). The number of fused-ring (bicyclic) bond motifs is 1. The van der Waals surface area contributed by atoms with Gasteiger partial charge in [0.25, 0.3) is 5.56 Å². The number of H-pyrrole nitrogens is 1. The monoisotopic (exact) mass is 415 g/mol. The van der Waals surface area contributed by atoms with E-state index in [1.54, 1.807) is 32.4 Å². The van der Waals surface area contributed by atoms with Crippen LogP contribution >= 0.6 is 11.3 Å². The quantitative estimate of drug-likeness (QED) is 0.658. The van der Waals surface area contributed by atoms with E-state index in [1.165, 1.54) is 17.7 Å². The first-order chi connectivity index (χ1) is 14.1. The molecule has 1 aliphatic heterocycles. The second-order valence-electron chi connectivity index (χ2n) is 6.70. The van der Waals surface area contributed by atoms with Crippen molar-refractivity contribution in [2.75, 3.05) is 37.5 Å². The van der Waals surface area contributed by atoms with Crippen molar-refractivity contribution in [3.05, 3.63) is 34.9 Å². The molecule has 10 heteroatoms. The zero-order valence-electron chi connectivity index (χ0n) is 16.1. The molecule has 3 aromatic rings. The molecule has 152 valence electrons. The molecule has 2 N–H and O–H groups in total. The van der Waals surface area contributed by atoms with E-state index in [-0.39, 0.29) is 17.4 Å². The Bertz CT molecular complexity index is 1090. The highest BCUT2D eigenvalue weighted by Gasteiger charge is 2.27. The van der Waals surface area contributed by atoms with E-state index in [0.717, 1.165) is 5.13 Å². The predicted molar refractivity (Wildman–Crippen MR) is 111 cm³/mol. The van der Waals surface area contributed by atoms with Crippen LogP contribution in [0, 0.1) is 5.92 Å². The first-order valence-electron chi connectivity index (χ1n) is 9.21. The minimum atomic E-state index is -0.178. The van der Waals surface area contributed by atoms with E-state index >= 15 is 0 Å². The Morgan fingerprint density at radius 1 is 1.24 bits per heavy atom. The SMILES string of the molecule is COc1ccc(NC(=O)C2CCN(c3nc4nc[nH]c(=O)c4s3)CC2)cc1OC. The van der Waals surface area contributed by atoms with Gasteiger partial charge in [0.1, 0.15) is 4.70 Å². The van der Waals surface area contributed by atoms with Gasteiger partial charge in [-0.3, -0.25) is 9.59 Å². The number of hydrogen-bond acceptors (Lipinski definition) is 8. The number of hydrogen-bond donors (Lipinski definition) is 2. The summed E-state index contributed by atoms with van der Waals surface area (Å²) in [6.45, 7) is 1.39. The predicted octanol–water partition coefficient (Wildman–Crippen LogP) is 2.25. The van der Waals surface area contributed by atoms with Gasteiger partial charge >= 0.3 is 0 Å². The molecule has 2 aromatic heterocycles. The molecule has 1 amide bonds. The van der Waals surface area contributed by atoms with E-state index in [9.17, 15) is 9.59 Å². The van der Waals surface area contributed by atoms with Crippen LogP contribution in [0.25, 0.3) is 10.3 Å². The summed E-state index contributed by atoms with van der Waals surface area (Å²) >= 11 is 1.33. The fraction of sp³-hybridized carbons (Fsp3) is 0.368. The van der Waals surface area contributed by atoms with Crippen LogP contribution in [0.1, 0.15) is 12.8 Å². The van der Waals surface area contributed by atoms with Crippen LogP contribution in [-0.2, 0) is 4.79 Å². The Balaban J connectivity index is 1.39. The summed E-state index contributed by atoms with van der Waals surface area (Å²) in [5.41, 5.74) is 0.955. The normalized spacial score (nSPS) is 14.8. The topological polar surface area (TPSA) is 109 Å². The number of aromatic amines is 1. The van der Waals surface area contributed by atoms with Crippen LogP contribution in [-0.4, -0.2) is 48.2 Å². The van der Waals surface area contributed by atoms with Crippen LogP contribution < -0.4 is 25.2 Å². The lowest BCUT2D eigenvalue weighted by atomic mass is 9.96. The molecule has 29 heavy (non-hydrogen) atoms. The van der Waals surface area contributed by atoms with Crippen molar-refractivity contribution in [2.45, 2.75) is 12.8 Å². The Hall–Kier alpha value is -3.14. The van der Waals surface area contributed by atoms with Crippen LogP contribution in [0.4, 0.5) is 10.8 Å². The van der Waals surface area contributed by atoms with Gasteiger partial charge in [-0.1, -0.05) is 11.3 Å². The van der Waals surface area contributed by atoms with Crippen LogP contribution in [0.3, 0.4) is 0 Å².